The van der Waals surface area contributed by atoms with Crippen LogP contribution in [-0.2, 0) is 10.8 Å². The molecule has 2 aliphatic rings. The molecule has 306 valence electrons. The molecule has 8 nitrogen and oxygen atoms in total. The standard InChI is InChI=1S/C55H46N8/c1-36(37-22-10-6-11-23-37)57-49(38-24-12-7-13-25-38)59-52(56)62-45-32-20-18-30-41(45)54(2,3)43-35-48-44(34-47(43)62)55(4,5)42-31-19-21-33-46(42)63(48)53-60-50(39-26-14-8-15-27-39)58-51(61-53)40-28-16-9-17-29-40/h6-35H,1H2,2-5H3,(H2,56,57,59). The fraction of sp³-hybridized carbons (Fsp3) is 0.109. The molecule has 7 aromatic carbocycles. The summed E-state index contributed by atoms with van der Waals surface area (Å²) in [5.74, 6) is 2.46. The van der Waals surface area contributed by atoms with E-state index in [2.05, 4.69) is 105 Å². The smallest absolute Gasteiger partial charge is 0.238 e. The van der Waals surface area contributed by atoms with Gasteiger partial charge in [-0.15, -0.1) is 0 Å². The summed E-state index contributed by atoms with van der Waals surface area (Å²) < 4.78 is 0. The lowest BCUT2D eigenvalue weighted by molar-refractivity contribution is 0.615. The third-order valence-corrected chi connectivity index (χ3v) is 12.3. The van der Waals surface area contributed by atoms with Gasteiger partial charge in [0.25, 0.3) is 0 Å². The third kappa shape index (κ3) is 6.86. The molecule has 0 bridgehead atoms. The molecule has 2 N–H and O–H groups in total. The number of benzene rings is 7. The molecule has 0 spiro atoms. The van der Waals surface area contributed by atoms with Crippen molar-refractivity contribution in [3.63, 3.8) is 0 Å². The zero-order valence-corrected chi connectivity index (χ0v) is 35.7. The molecule has 0 aliphatic carbocycles. The van der Waals surface area contributed by atoms with Gasteiger partial charge in [-0.3, -0.25) is 9.80 Å². The highest BCUT2D eigenvalue weighted by Crippen LogP contribution is 2.57. The summed E-state index contributed by atoms with van der Waals surface area (Å²) in [7, 11) is 0. The average Bonchev–Trinajstić information content (AvgIpc) is 3.32. The zero-order chi connectivity index (χ0) is 43.3. The monoisotopic (exact) mass is 818 g/mol. The number of nitrogens with zero attached hydrogens (tertiary/aromatic N) is 7. The molecule has 8 heteroatoms. The summed E-state index contributed by atoms with van der Waals surface area (Å²) in [4.78, 5) is 30.1. The van der Waals surface area contributed by atoms with Gasteiger partial charge in [-0.25, -0.2) is 9.98 Å². The molecule has 0 atom stereocenters. The Kier molecular flexibility index (Phi) is 9.64. The van der Waals surface area contributed by atoms with E-state index in [1.165, 1.54) is 0 Å². The molecule has 0 saturated carbocycles. The van der Waals surface area contributed by atoms with Gasteiger partial charge in [0.2, 0.25) is 11.9 Å². The van der Waals surface area contributed by atoms with Crippen LogP contribution in [0.3, 0.4) is 0 Å². The molecule has 3 heterocycles. The molecule has 1 aromatic heterocycles. The third-order valence-electron chi connectivity index (χ3n) is 12.3. The minimum Gasteiger partial charge on any atom is -0.369 e. The minimum atomic E-state index is -0.452. The number of fused-ring (bicyclic) bond motifs is 4. The SMILES string of the molecule is C=C(/N=C(\N=C(/N)N1c2ccccc2C(C)(C)c2cc3c(cc21)C(C)(C)c1ccccc1N3c1nc(-c2ccccc2)nc(-c2ccccc2)n1)c1ccccc1)c1ccccc1. The Bertz CT molecular complexity index is 3030. The maximum absolute atomic E-state index is 7.33. The molecule has 10 rings (SSSR count). The summed E-state index contributed by atoms with van der Waals surface area (Å²) in [5, 5.41) is 0. The van der Waals surface area contributed by atoms with Gasteiger partial charge in [-0.05, 0) is 52.1 Å². The fourth-order valence-corrected chi connectivity index (χ4v) is 8.97. The molecule has 0 unspecified atom stereocenters. The highest BCUT2D eigenvalue weighted by Gasteiger charge is 2.44. The number of nitrogens with two attached hydrogens (primary N) is 1. The fourth-order valence-electron chi connectivity index (χ4n) is 8.97. The highest BCUT2D eigenvalue weighted by molar-refractivity contribution is 6.14. The van der Waals surface area contributed by atoms with E-state index in [0.717, 1.165) is 67.3 Å². The van der Waals surface area contributed by atoms with Crippen molar-refractivity contribution in [2.75, 3.05) is 9.80 Å². The van der Waals surface area contributed by atoms with Crippen molar-refractivity contribution in [1.29, 1.82) is 0 Å². The summed E-state index contributed by atoms with van der Waals surface area (Å²) in [5.41, 5.74) is 18.9. The van der Waals surface area contributed by atoms with Crippen molar-refractivity contribution in [3.8, 4) is 22.8 Å². The molecule has 2 aliphatic heterocycles. The Balaban J connectivity index is 1.21. The molecule has 8 aromatic rings. The Morgan fingerprint density at radius 2 is 0.921 bits per heavy atom. The van der Waals surface area contributed by atoms with Crippen molar-refractivity contribution in [3.05, 3.63) is 222 Å². The molecule has 63 heavy (non-hydrogen) atoms. The van der Waals surface area contributed by atoms with Gasteiger partial charge in [-0.1, -0.05) is 192 Å². The van der Waals surface area contributed by atoms with E-state index in [0.29, 0.717) is 29.1 Å². The van der Waals surface area contributed by atoms with Crippen molar-refractivity contribution < 1.29 is 0 Å². The van der Waals surface area contributed by atoms with Crippen LogP contribution in [0.1, 0.15) is 61.1 Å². The number of aliphatic imine (C=N–C) groups is 2. The van der Waals surface area contributed by atoms with E-state index >= 15 is 0 Å². The van der Waals surface area contributed by atoms with E-state index in [1.807, 2.05) is 121 Å². The minimum absolute atomic E-state index is 0.283. The summed E-state index contributed by atoms with van der Waals surface area (Å²) in [6.45, 7) is 13.5. The van der Waals surface area contributed by atoms with E-state index in [9.17, 15) is 0 Å². The van der Waals surface area contributed by atoms with Crippen molar-refractivity contribution >= 4 is 46.2 Å². The second kappa shape index (κ2) is 15.5. The maximum atomic E-state index is 7.33. The van der Waals surface area contributed by atoms with Crippen molar-refractivity contribution in [2.45, 2.75) is 38.5 Å². The molecular formula is C55H46N8. The number of guanidine groups is 1. The van der Waals surface area contributed by atoms with Crippen LogP contribution in [-0.4, -0.2) is 26.7 Å². The zero-order valence-electron chi connectivity index (χ0n) is 35.7. The Morgan fingerprint density at radius 1 is 0.476 bits per heavy atom. The average molecular weight is 819 g/mol. The maximum Gasteiger partial charge on any atom is 0.238 e. The van der Waals surface area contributed by atoms with Crippen LogP contribution in [0.15, 0.2) is 199 Å². The second-order valence-electron chi connectivity index (χ2n) is 16.9. The topological polar surface area (TPSA) is 95.9 Å². The van der Waals surface area contributed by atoms with Crippen molar-refractivity contribution in [1.82, 2.24) is 15.0 Å². The van der Waals surface area contributed by atoms with Gasteiger partial charge in [0.15, 0.2) is 17.5 Å². The van der Waals surface area contributed by atoms with Crippen LogP contribution in [0, 0.1) is 0 Å². The lowest BCUT2D eigenvalue weighted by atomic mass is 9.69. The largest absolute Gasteiger partial charge is 0.369 e. The summed E-state index contributed by atoms with van der Waals surface area (Å²) in [6, 6.07) is 61.7. The van der Waals surface area contributed by atoms with E-state index < -0.39 is 10.8 Å². The van der Waals surface area contributed by atoms with Crippen LogP contribution in [0.4, 0.5) is 28.7 Å². The number of aromatic nitrogens is 3. The molecular weight excluding hydrogens is 773 g/mol. The molecule has 0 amide bonds. The van der Waals surface area contributed by atoms with Gasteiger partial charge in [-0.2, -0.15) is 15.0 Å². The van der Waals surface area contributed by atoms with E-state index in [1.54, 1.807) is 0 Å². The van der Waals surface area contributed by atoms with Crippen LogP contribution in [0.5, 0.6) is 0 Å². The Labute approximate surface area is 368 Å². The van der Waals surface area contributed by atoms with Crippen LogP contribution in [0.25, 0.3) is 28.5 Å². The predicted molar refractivity (Wildman–Crippen MR) is 258 cm³/mol. The van der Waals surface area contributed by atoms with E-state index in [-0.39, 0.29) is 5.96 Å². The van der Waals surface area contributed by atoms with Gasteiger partial charge in [0, 0.05) is 27.5 Å². The first-order chi connectivity index (χ1) is 30.6. The summed E-state index contributed by atoms with van der Waals surface area (Å²) in [6.07, 6.45) is 0. The van der Waals surface area contributed by atoms with Crippen molar-refractivity contribution in [2.24, 2.45) is 15.7 Å². The van der Waals surface area contributed by atoms with Gasteiger partial charge in [0.05, 0.1) is 28.4 Å². The molecule has 0 radical (unpaired) electrons. The van der Waals surface area contributed by atoms with Gasteiger partial charge in [0.1, 0.15) is 0 Å². The first-order valence-corrected chi connectivity index (χ1v) is 21.2. The quantitative estimate of drug-likeness (QED) is 0.133. The Morgan fingerprint density at radius 3 is 1.49 bits per heavy atom. The molecule has 0 fully saturated rings. The first kappa shape index (κ1) is 39.2. The number of amidine groups is 1. The second-order valence-corrected chi connectivity index (χ2v) is 16.9. The van der Waals surface area contributed by atoms with Crippen LogP contribution in [0.2, 0.25) is 0 Å². The van der Waals surface area contributed by atoms with E-state index in [4.69, 9.17) is 30.7 Å². The van der Waals surface area contributed by atoms with Crippen LogP contribution < -0.4 is 15.5 Å². The molecule has 0 saturated heterocycles. The number of anilines is 5. The normalized spacial score (nSPS) is 14.9. The van der Waals surface area contributed by atoms with Crippen LogP contribution >= 0.6 is 0 Å². The number of hydrogen-bond donors (Lipinski definition) is 1. The number of rotatable bonds is 6. The summed E-state index contributed by atoms with van der Waals surface area (Å²) >= 11 is 0. The predicted octanol–water partition coefficient (Wildman–Crippen LogP) is 12.5. The Hall–Kier alpha value is -7.97. The van der Waals surface area contributed by atoms with Gasteiger partial charge >= 0.3 is 0 Å². The number of hydrogen-bond acceptors (Lipinski definition) is 5. The first-order valence-electron chi connectivity index (χ1n) is 21.2. The lowest BCUT2D eigenvalue weighted by Gasteiger charge is -2.46. The number of para-hydroxylation sites is 2. The lowest BCUT2D eigenvalue weighted by Crippen LogP contribution is -2.42. The highest BCUT2D eigenvalue weighted by atomic mass is 15.3. The van der Waals surface area contributed by atoms with Gasteiger partial charge < -0.3 is 5.73 Å².